The van der Waals surface area contributed by atoms with Crippen LogP contribution >= 0.6 is 11.3 Å². The zero-order valence-electron chi connectivity index (χ0n) is 9.42. The van der Waals surface area contributed by atoms with E-state index in [1.807, 2.05) is 6.92 Å². The van der Waals surface area contributed by atoms with Crippen LogP contribution < -0.4 is 5.32 Å². The van der Waals surface area contributed by atoms with Crippen LogP contribution in [0.1, 0.15) is 16.6 Å². The second-order valence-electron chi connectivity index (χ2n) is 3.93. The predicted molar refractivity (Wildman–Crippen MR) is 68.9 cm³/mol. The quantitative estimate of drug-likeness (QED) is 0.830. The number of thiophene rings is 1. The van der Waals surface area contributed by atoms with Crippen molar-refractivity contribution in [3.05, 3.63) is 47.1 Å². The molecular weight excluding hydrogens is 237 g/mol. The van der Waals surface area contributed by atoms with E-state index in [-0.39, 0.29) is 11.7 Å². The van der Waals surface area contributed by atoms with E-state index in [1.165, 1.54) is 23.5 Å². The van der Waals surface area contributed by atoms with Gasteiger partial charge >= 0.3 is 0 Å². The van der Waals surface area contributed by atoms with E-state index >= 15 is 0 Å². The van der Waals surface area contributed by atoms with Gasteiger partial charge in [0, 0.05) is 11.2 Å². The van der Waals surface area contributed by atoms with Gasteiger partial charge in [-0.3, -0.25) is 4.79 Å². The van der Waals surface area contributed by atoms with E-state index in [4.69, 9.17) is 0 Å². The molecule has 2 nitrogen and oxygen atoms in total. The Bertz CT molecular complexity index is 588. The molecule has 0 bridgehead atoms. The maximum absolute atomic E-state index is 13.0. The first-order valence-corrected chi connectivity index (χ1v) is 5.99. The minimum absolute atomic E-state index is 0.144. The lowest BCUT2D eigenvalue weighted by Crippen LogP contribution is -2.23. The van der Waals surface area contributed by atoms with E-state index in [9.17, 15) is 9.18 Å². The molecule has 2 aromatic rings. The van der Waals surface area contributed by atoms with E-state index in [0.717, 1.165) is 15.7 Å². The molecule has 0 spiro atoms. The van der Waals surface area contributed by atoms with Crippen molar-refractivity contribution in [3.63, 3.8) is 0 Å². The number of benzene rings is 1. The van der Waals surface area contributed by atoms with Crippen LogP contribution in [0.5, 0.6) is 0 Å². The molecule has 0 fully saturated rings. The van der Waals surface area contributed by atoms with Gasteiger partial charge in [-0.15, -0.1) is 11.3 Å². The third-order valence-electron chi connectivity index (χ3n) is 2.25. The highest BCUT2D eigenvalue weighted by Gasteiger charge is 2.10. The van der Waals surface area contributed by atoms with Gasteiger partial charge in [0.15, 0.2) is 0 Å². The van der Waals surface area contributed by atoms with Gasteiger partial charge in [-0.1, -0.05) is 12.2 Å². The fourth-order valence-corrected chi connectivity index (χ4v) is 2.40. The first-order chi connectivity index (χ1) is 8.06. The van der Waals surface area contributed by atoms with E-state index in [2.05, 4.69) is 11.9 Å². The van der Waals surface area contributed by atoms with Crippen LogP contribution in [0.4, 0.5) is 4.39 Å². The SMILES string of the molecule is C=C(C)CNC(=O)c1cc2cc(F)ccc2s1. The largest absolute Gasteiger partial charge is 0.348 e. The van der Waals surface area contributed by atoms with Crippen molar-refractivity contribution in [3.8, 4) is 0 Å². The first-order valence-electron chi connectivity index (χ1n) is 5.18. The second kappa shape index (κ2) is 4.67. The fourth-order valence-electron chi connectivity index (χ4n) is 1.44. The lowest BCUT2D eigenvalue weighted by atomic mass is 10.2. The molecule has 1 amide bonds. The van der Waals surface area contributed by atoms with E-state index in [1.54, 1.807) is 12.1 Å². The number of amides is 1. The van der Waals surface area contributed by atoms with Crippen molar-refractivity contribution in [1.29, 1.82) is 0 Å². The zero-order valence-corrected chi connectivity index (χ0v) is 10.2. The van der Waals surface area contributed by atoms with Crippen molar-refractivity contribution in [2.24, 2.45) is 0 Å². The molecule has 4 heteroatoms. The molecule has 1 aromatic heterocycles. The van der Waals surface area contributed by atoms with Crippen LogP contribution in [0.3, 0.4) is 0 Å². The minimum atomic E-state index is -0.288. The molecule has 1 aromatic carbocycles. The molecule has 1 N–H and O–H groups in total. The molecule has 0 atom stereocenters. The molecule has 1 heterocycles. The summed E-state index contributed by atoms with van der Waals surface area (Å²) in [6.07, 6.45) is 0. The Hall–Kier alpha value is -1.68. The van der Waals surface area contributed by atoms with Gasteiger partial charge < -0.3 is 5.32 Å². The molecule has 0 unspecified atom stereocenters. The standard InChI is InChI=1S/C13H12FNOS/c1-8(2)7-15-13(16)12-6-9-5-10(14)3-4-11(9)17-12/h3-6H,1,7H2,2H3,(H,15,16). The lowest BCUT2D eigenvalue weighted by Gasteiger charge is -2.01. The zero-order chi connectivity index (χ0) is 12.4. The van der Waals surface area contributed by atoms with E-state index < -0.39 is 0 Å². The van der Waals surface area contributed by atoms with Crippen molar-refractivity contribution >= 4 is 27.3 Å². The molecular formula is C13H12FNOS. The van der Waals surface area contributed by atoms with Crippen molar-refractivity contribution in [2.75, 3.05) is 6.54 Å². The van der Waals surface area contributed by atoms with Crippen LogP contribution in [-0.2, 0) is 0 Å². The number of hydrogen-bond acceptors (Lipinski definition) is 2. The van der Waals surface area contributed by atoms with Crippen LogP contribution in [0.25, 0.3) is 10.1 Å². The number of carbonyl (C=O) groups is 1. The molecule has 0 aliphatic heterocycles. The van der Waals surface area contributed by atoms with Gasteiger partial charge in [-0.05, 0) is 36.6 Å². The number of carbonyl (C=O) groups excluding carboxylic acids is 1. The highest BCUT2D eigenvalue weighted by Crippen LogP contribution is 2.26. The third kappa shape index (κ3) is 2.71. The van der Waals surface area contributed by atoms with Gasteiger partial charge in [-0.25, -0.2) is 4.39 Å². The topological polar surface area (TPSA) is 29.1 Å². The Morgan fingerprint density at radius 2 is 2.24 bits per heavy atom. The van der Waals surface area contributed by atoms with Crippen molar-refractivity contribution in [2.45, 2.75) is 6.92 Å². The summed E-state index contributed by atoms with van der Waals surface area (Å²) in [6.45, 7) is 6.02. The fraction of sp³-hybridized carbons (Fsp3) is 0.154. The molecule has 2 rings (SSSR count). The first kappa shape index (κ1) is 11.8. The second-order valence-corrected chi connectivity index (χ2v) is 5.02. The highest BCUT2D eigenvalue weighted by atomic mass is 32.1. The number of fused-ring (bicyclic) bond motifs is 1. The maximum atomic E-state index is 13.0. The average molecular weight is 249 g/mol. The van der Waals surface area contributed by atoms with Crippen LogP contribution in [0.15, 0.2) is 36.4 Å². The van der Waals surface area contributed by atoms with Crippen molar-refractivity contribution < 1.29 is 9.18 Å². The molecule has 0 saturated carbocycles. The number of nitrogens with one attached hydrogen (secondary N) is 1. The lowest BCUT2D eigenvalue weighted by molar-refractivity contribution is 0.0961. The Balaban J connectivity index is 2.24. The summed E-state index contributed by atoms with van der Waals surface area (Å²) in [7, 11) is 0. The van der Waals surface area contributed by atoms with Gasteiger partial charge in [-0.2, -0.15) is 0 Å². The molecule has 0 aliphatic rings. The number of rotatable bonds is 3. The smallest absolute Gasteiger partial charge is 0.261 e. The van der Waals surface area contributed by atoms with Crippen LogP contribution in [0.2, 0.25) is 0 Å². The monoisotopic (exact) mass is 249 g/mol. The highest BCUT2D eigenvalue weighted by molar-refractivity contribution is 7.20. The molecule has 17 heavy (non-hydrogen) atoms. The Morgan fingerprint density at radius 3 is 2.94 bits per heavy atom. The van der Waals surface area contributed by atoms with E-state index in [0.29, 0.717) is 11.4 Å². The van der Waals surface area contributed by atoms with Gasteiger partial charge in [0.25, 0.3) is 5.91 Å². The van der Waals surface area contributed by atoms with Crippen LogP contribution in [-0.4, -0.2) is 12.5 Å². The van der Waals surface area contributed by atoms with Gasteiger partial charge in [0.1, 0.15) is 5.82 Å². The average Bonchev–Trinajstić information content (AvgIpc) is 2.68. The van der Waals surface area contributed by atoms with Crippen molar-refractivity contribution in [1.82, 2.24) is 5.32 Å². The maximum Gasteiger partial charge on any atom is 0.261 e. The Kier molecular flexibility index (Phi) is 3.24. The summed E-state index contributed by atoms with van der Waals surface area (Å²) in [5, 5.41) is 3.51. The molecule has 0 saturated heterocycles. The Morgan fingerprint density at radius 1 is 1.47 bits per heavy atom. The Labute approximate surface area is 103 Å². The molecule has 0 radical (unpaired) electrons. The summed E-state index contributed by atoms with van der Waals surface area (Å²) in [5.74, 6) is -0.432. The summed E-state index contributed by atoms with van der Waals surface area (Å²) >= 11 is 1.36. The summed E-state index contributed by atoms with van der Waals surface area (Å²) in [4.78, 5) is 12.4. The number of hydrogen-bond donors (Lipinski definition) is 1. The van der Waals surface area contributed by atoms with Crippen LogP contribution in [0, 0.1) is 5.82 Å². The van der Waals surface area contributed by atoms with Gasteiger partial charge in [0.05, 0.1) is 4.88 Å². The summed E-state index contributed by atoms with van der Waals surface area (Å²) in [5.41, 5.74) is 0.894. The summed E-state index contributed by atoms with van der Waals surface area (Å²) in [6, 6.07) is 6.22. The molecule has 88 valence electrons. The normalized spacial score (nSPS) is 10.5. The minimum Gasteiger partial charge on any atom is -0.348 e. The number of halogens is 1. The van der Waals surface area contributed by atoms with Gasteiger partial charge in [0.2, 0.25) is 0 Å². The molecule has 0 aliphatic carbocycles. The summed E-state index contributed by atoms with van der Waals surface area (Å²) < 4.78 is 13.9. The third-order valence-corrected chi connectivity index (χ3v) is 3.37. The predicted octanol–water partition coefficient (Wildman–Crippen LogP) is 3.35.